The SMILES string of the molecule is CCCC(=O)OCn1ncc2cc(C[C@@H](NC(=O)N3CCC(c4cc5ccccc5n(COC(=O)CCC)c4=O)CC3)C(=O)N3CCN(C4CCN(C)CC4)CC3)cc(C)c21. The molecule has 3 fully saturated rings. The van der Waals surface area contributed by atoms with Crippen molar-refractivity contribution in [2.24, 2.45) is 0 Å². The van der Waals surface area contributed by atoms with E-state index < -0.39 is 6.04 Å². The molecule has 0 saturated carbocycles. The number of carbonyl (C=O) groups is 4. The molecule has 3 saturated heterocycles. The summed E-state index contributed by atoms with van der Waals surface area (Å²) in [5, 5.41) is 9.39. The first kappa shape index (κ1) is 43.8. The second kappa shape index (κ2) is 20.1. The molecule has 0 radical (unpaired) electrons. The van der Waals surface area contributed by atoms with Crippen LogP contribution in [0.25, 0.3) is 21.8 Å². The van der Waals surface area contributed by atoms with Crippen molar-refractivity contribution in [3.05, 3.63) is 75.7 Å². The minimum Gasteiger partial charge on any atom is -0.444 e. The third-order valence-corrected chi connectivity index (χ3v) is 12.7. The Morgan fingerprint density at radius 2 is 1.48 bits per heavy atom. The summed E-state index contributed by atoms with van der Waals surface area (Å²) in [5.74, 6) is -0.807. The van der Waals surface area contributed by atoms with Crippen molar-refractivity contribution in [1.82, 2.24) is 39.3 Å². The van der Waals surface area contributed by atoms with E-state index in [2.05, 4.69) is 27.3 Å². The molecule has 5 heterocycles. The highest BCUT2D eigenvalue weighted by molar-refractivity contribution is 5.88. The van der Waals surface area contributed by atoms with Crippen LogP contribution >= 0.6 is 0 Å². The van der Waals surface area contributed by atoms with Crippen LogP contribution in [-0.2, 0) is 43.7 Å². The molecule has 15 nitrogen and oxygen atoms in total. The zero-order valence-electron chi connectivity index (χ0n) is 36.3. The van der Waals surface area contributed by atoms with Gasteiger partial charge in [-0.25, -0.2) is 9.48 Å². The van der Waals surface area contributed by atoms with Crippen molar-refractivity contribution in [3.8, 4) is 0 Å². The fourth-order valence-corrected chi connectivity index (χ4v) is 9.29. The number of nitrogens with zero attached hydrogens (tertiary/aromatic N) is 7. The summed E-state index contributed by atoms with van der Waals surface area (Å²) < 4.78 is 14.1. The highest BCUT2D eigenvalue weighted by Gasteiger charge is 2.34. The molecule has 0 bridgehead atoms. The molecular weight excluding hydrogens is 777 g/mol. The van der Waals surface area contributed by atoms with Gasteiger partial charge in [-0.1, -0.05) is 38.1 Å². The van der Waals surface area contributed by atoms with Crippen LogP contribution in [0.2, 0.25) is 0 Å². The van der Waals surface area contributed by atoms with Crippen LogP contribution in [0.4, 0.5) is 4.79 Å². The Labute approximate surface area is 357 Å². The summed E-state index contributed by atoms with van der Waals surface area (Å²) in [4.78, 5) is 75.4. The number of aromatic nitrogens is 3. The number of fused-ring (bicyclic) bond motifs is 2. The molecule has 0 spiro atoms. The smallest absolute Gasteiger partial charge is 0.318 e. The van der Waals surface area contributed by atoms with E-state index in [-0.39, 0.29) is 55.2 Å². The quantitative estimate of drug-likeness (QED) is 0.172. The number of likely N-dealkylation sites (tertiary alicyclic amines) is 2. The minimum atomic E-state index is -0.801. The van der Waals surface area contributed by atoms with Crippen LogP contribution in [-0.4, -0.2) is 129 Å². The molecule has 3 aliphatic heterocycles. The van der Waals surface area contributed by atoms with Crippen LogP contribution in [0.3, 0.4) is 0 Å². The Kier molecular flexibility index (Phi) is 14.4. The number of amides is 3. The normalized spacial score (nSPS) is 17.8. The standard InChI is InChI=1S/C46H62N8O7/c1-5-9-41(55)60-30-53-40-12-8-7-11-35(40)28-38(44(53)57)34-13-19-52(20-14-34)46(59)48-39(45(58)51-23-21-50(22-24-51)37-15-17-49(4)18-16-37)27-33-25-32(3)43-36(26-33)29-47-54(43)31-61-42(56)10-6-2/h7-8,11-12,25-26,28-29,34,37,39H,5-6,9-10,13-24,27,30-31H2,1-4H3,(H,48,59)/t39-/m1/s1. The number of hydrogen-bond donors (Lipinski definition) is 1. The summed E-state index contributed by atoms with van der Waals surface area (Å²) in [5.41, 5.74) is 3.82. The summed E-state index contributed by atoms with van der Waals surface area (Å²) in [6.07, 6.45) is 7.44. The molecule has 15 heteroatoms. The van der Waals surface area contributed by atoms with Gasteiger partial charge >= 0.3 is 18.0 Å². The Balaban J connectivity index is 1.05. The third kappa shape index (κ3) is 10.4. The molecule has 7 rings (SSSR count). The van der Waals surface area contributed by atoms with Crippen molar-refractivity contribution in [3.63, 3.8) is 0 Å². The van der Waals surface area contributed by atoms with Gasteiger partial charge in [-0.2, -0.15) is 5.10 Å². The van der Waals surface area contributed by atoms with Gasteiger partial charge in [0.05, 0.1) is 17.2 Å². The van der Waals surface area contributed by atoms with E-state index >= 15 is 0 Å². The van der Waals surface area contributed by atoms with Crippen molar-refractivity contribution in [1.29, 1.82) is 0 Å². The molecule has 1 N–H and O–H groups in total. The number of aryl methyl sites for hydroxylation is 1. The van der Waals surface area contributed by atoms with Crippen molar-refractivity contribution in [2.45, 2.75) is 110 Å². The second-order valence-corrected chi connectivity index (χ2v) is 17.0. The fraction of sp³-hybridized carbons (Fsp3) is 0.565. The first-order valence-electron chi connectivity index (χ1n) is 22.2. The van der Waals surface area contributed by atoms with Gasteiger partial charge in [0.1, 0.15) is 6.04 Å². The number of pyridine rings is 1. The predicted octanol–water partition coefficient (Wildman–Crippen LogP) is 5.00. The highest BCUT2D eigenvalue weighted by atomic mass is 16.5. The molecule has 2 aromatic heterocycles. The van der Waals surface area contributed by atoms with E-state index in [1.807, 2.05) is 68.1 Å². The first-order valence-corrected chi connectivity index (χ1v) is 22.2. The van der Waals surface area contributed by atoms with E-state index in [0.717, 1.165) is 66.4 Å². The van der Waals surface area contributed by atoms with Crippen LogP contribution < -0.4 is 10.9 Å². The van der Waals surface area contributed by atoms with Gasteiger partial charge in [-0.3, -0.25) is 28.6 Å². The number of urea groups is 1. The summed E-state index contributed by atoms with van der Waals surface area (Å²) >= 11 is 0. The van der Waals surface area contributed by atoms with Gasteiger partial charge in [0.15, 0.2) is 13.5 Å². The second-order valence-electron chi connectivity index (χ2n) is 17.0. The maximum atomic E-state index is 14.5. The molecule has 3 aliphatic rings. The molecule has 0 unspecified atom stereocenters. The number of piperazine rings is 1. The zero-order valence-corrected chi connectivity index (χ0v) is 36.3. The number of piperidine rings is 2. The number of carbonyl (C=O) groups excluding carboxylic acids is 4. The van der Waals surface area contributed by atoms with E-state index in [9.17, 15) is 24.0 Å². The summed E-state index contributed by atoms with van der Waals surface area (Å²) in [7, 11) is 2.17. The molecule has 4 aromatic rings. The highest BCUT2D eigenvalue weighted by Crippen LogP contribution is 2.29. The maximum absolute atomic E-state index is 14.5. The number of para-hydroxylation sites is 1. The Morgan fingerprint density at radius 1 is 0.803 bits per heavy atom. The first-order chi connectivity index (χ1) is 29.5. The Hall–Kier alpha value is -5.28. The molecule has 328 valence electrons. The van der Waals surface area contributed by atoms with Crippen LogP contribution in [0.15, 0.2) is 53.5 Å². The molecule has 61 heavy (non-hydrogen) atoms. The lowest BCUT2D eigenvalue weighted by Crippen LogP contribution is -2.59. The van der Waals surface area contributed by atoms with Gasteiger partial charge in [-0.15, -0.1) is 0 Å². The third-order valence-electron chi connectivity index (χ3n) is 12.7. The van der Waals surface area contributed by atoms with Crippen molar-refractivity contribution >= 4 is 45.7 Å². The number of esters is 2. The van der Waals surface area contributed by atoms with Crippen LogP contribution in [0, 0.1) is 6.92 Å². The van der Waals surface area contributed by atoms with E-state index in [4.69, 9.17) is 9.47 Å². The van der Waals surface area contributed by atoms with Gasteiger partial charge in [-0.05, 0) is 106 Å². The summed E-state index contributed by atoms with van der Waals surface area (Å²) in [6, 6.07) is 13.0. The average molecular weight is 839 g/mol. The number of benzene rings is 2. The topological polar surface area (TPSA) is 152 Å². The van der Waals surface area contributed by atoms with Gasteiger partial charge in [0.25, 0.3) is 5.56 Å². The number of nitrogens with one attached hydrogen (secondary N) is 1. The molecule has 1 atom stereocenters. The Morgan fingerprint density at radius 3 is 2.16 bits per heavy atom. The van der Waals surface area contributed by atoms with Crippen molar-refractivity contribution < 1.29 is 28.7 Å². The van der Waals surface area contributed by atoms with E-state index in [1.54, 1.807) is 15.8 Å². The van der Waals surface area contributed by atoms with Crippen LogP contribution in [0.5, 0.6) is 0 Å². The number of hydrogen-bond acceptors (Lipinski definition) is 10. The fourth-order valence-electron chi connectivity index (χ4n) is 9.29. The average Bonchev–Trinajstić information content (AvgIpc) is 3.68. The molecule has 3 amide bonds. The van der Waals surface area contributed by atoms with Crippen LogP contribution in [0.1, 0.15) is 87.8 Å². The van der Waals surface area contributed by atoms with Gasteiger partial charge in [0.2, 0.25) is 5.91 Å². The monoisotopic (exact) mass is 838 g/mol. The summed E-state index contributed by atoms with van der Waals surface area (Å²) in [6.45, 7) is 11.5. The van der Waals surface area contributed by atoms with Gasteiger partial charge < -0.3 is 29.5 Å². The lowest BCUT2D eigenvalue weighted by atomic mass is 9.89. The lowest BCUT2D eigenvalue weighted by molar-refractivity contribution is -0.148. The minimum absolute atomic E-state index is 0.0192. The maximum Gasteiger partial charge on any atom is 0.318 e. The molecule has 0 aliphatic carbocycles. The van der Waals surface area contributed by atoms with E-state index in [1.165, 1.54) is 4.57 Å². The zero-order chi connectivity index (χ0) is 43.0. The molecular formula is C46H62N8O7. The van der Waals surface area contributed by atoms with E-state index in [0.29, 0.717) is 81.8 Å². The van der Waals surface area contributed by atoms with Gasteiger partial charge in [0, 0.05) is 75.5 Å². The predicted molar refractivity (Wildman–Crippen MR) is 233 cm³/mol. The molecule has 2 aromatic carbocycles. The number of ether oxygens (including phenoxy) is 2. The lowest BCUT2D eigenvalue weighted by Gasteiger charge is -2.43. The largest absolute Gasteiger partial charge is 0.444 e. The number of rotatable bonds is 14. The van der Waals surface area contributed by atoms with Crippen molar-refractivity contribution in [2.75, 3.05) is 59.4 Å². The Bertz CT molecular complexity index is 2250.